The fourth-order valence-electron chi connectivity index (χ4n) is 1.56. The van der Waals surface area contributed by atoms with Crippen LogP contribution in [0, 0.1) is 0 Å². The number of hydrogen-bond acceptors (Lipinski definition) is 4. The molecule has 0 aliphatic rings. The van der Waals surface area contributed by atoms with Crippen molar-refractivity contribution in [3.8, 4) is 0 Å². The average Bonchev–Trinajstić information content (AvgIpc) is 2.87. The van der Waals surface area contributed by atoms with Crippen LogP contribution in [0.4, 0.5) is 11.5 Å². The predicted molar refractivity (Wildman–Crippen MR) is 74.3 cm³/mol. The summed E-state index contributed by atoms with van der Waals surface area (Å²) in [7, 11) is 1.78. The summed E-state index contributed by atoms with van der Waals surface area (Å²) in [5, 5.41) is 9.86. The fourth-order valence-corrected chi connectivity index (χ4v) is 1.56. The van der Waals surface area contributed by atoms with Crippen LogP contribution in [0.1, 0.15) is 30.2 Å². The molecule has 2 N–H and O–H groups in total. The summed E-state index contributed by atoms with van der Waals surface area (Å²) in [6.07, 6.45) is 4.97. The van der Waals surface area contributed by atoms with Crippen molar-refractivity contribution in [2.75, 3.05) is 17.7 Å². The van der Waals surface area contributed by atoms with Gasteiger partial charge in [-0.2, -0.15) is 5.10 Å². The van der Waals surface area contributed by atoms with E-state index in [0.29, 0.717) is 11.3 Å². The van der Waals surface area contributed by atoms with Crippen molar-refractivity contribution >= 4 is 17.4 Å². The second kappa shape index (κ2) is 5.51. The molecule has 0 fully saturated rings. The van der Waals surface area contributed by atoms with E-state index in [1.807, 2.05) is 13.8 Å². The number of rotatable bonds is 4. The summed E-state index contributed by atoms with van der Waals surface area (Å²) in [5.41, 5.74) is 1.19. The van der Waals surface area contributed by atoms with Crippen LogP contribution in [-0.4, -0.2) is 27.7 Å². The molecule has 2 aromatic heterocycles. The summed E-state index contributed by atoms with van der Waals surface area (Å²) >= 11 is 0. The second-order valence-corrected chi connectivity index (χ2v) is 4.44. The van der Waals surface area contributed by atoms with E-state index < -0.39 is 0 Å². The van der Waals surface area contributed by atoms with Gasteiger partial charge in [0.2, 0.25) is 0 Å². The molecule has 6 heteroatoms. The molecular weight excluding hydrogens is 242 g/mol. The van der Waals surface area contributed by atoms with Gasteiger partial charge in [-0.25, -0.2) is 4.98 Å². The van der Waals surface area contributed by atoms with Crippen LogP contribution in [0.25, 0.3) is 0 Å². The lowest BCUT2D eigenvalue weighted by Crippen LogP contribution is -2.12. The summed E-state index contributed by atoms with van der Waals surface area (Å²) < 4.78 is 1.79. The van der Waals surface area contributed by atoms with Gasteiger partial charge in [0.25, 0.3) is 5.91 Å². The Morgan fingerprint density at radius 1 is 1.32 bits per heavy atom. The molecule has 1 amide bonds. The molecule has 0 aliphatic heterocycles. The van der Waals surface area contributed by atoms with Crippen molar-refractivity contribution in [3.63, 3.8) is 0 Å². The van der Waals surface area contributed by atoms with Gasteiger partial charge in [0.05, 0.1) is 17.4 Å². The summed E-state index contributed by atoms with van der Waals surface area (Å²) in [5.74, 6) is 0.530. The molecule has 0 spiro atoms. The van der Waals surface area contributed by atoms with Crippen LogP contribution < -0.4 is 10.6 Å². The standard InChI is InChI=1S/C13H17N5O/c1-9(2)18-8-11(7-16-18)17-13(19)10-4-5-12(14-3)15-6-10/h4-9H,1-3H3,(H,14,15)(H,17,19). The highest BCUT2D eigenvalue weighted by atomic mass is 16.1. The highest BCUT2D eigenvalue weighted by Crippen LogP contribution is 2.12. The highest BCUT2D eigenvalue weighted by Gasteiger charge is 2.08. The zero-order valence-corrected chi connectivity index (χ0v) is 11.2. The molecule has 2 aromatic rings. The zero-order valence-electron chi connectivity index (χ0n) is 11.2. The molecule has 0 radical (unpaired) electrons. The molecule has 2 heterocycles. The summed E-state index contributed by atoms with van der Waals surface area (Å²) in [4.78, 5) is 16.1. The Morgan fingerprint density at radius 2 is 2.11 bits per heavy atom. The third-order valence-corrected chi connectivity index (χ3v) is 2.67. The third kappa shape index (κ3) is 3.09. The van der Waals surface area contributed by atoms with Gasteiger partial charge in [-0.1, -0.05) is 0 Å². The SMILES string of the molecule is CNc1ccc(C(=O)Nc2cnn(C(C)C)c2)cn1. The number of aromatic nitrogens is 3. The number of carbonyl (C=O) groups is 1. The number of anilines is 2. The molecular formula is C13H17N5O. The van der Waals surface area contributed by atoms with Crippen molar-refractivity contribution in [2.24, 2.45) is 0 Å². The molecule has 0 bridgehead atoms. The van der Waals surface area contributed by atoms with Gasteiger partial charge in [0.1, 0.15) is 5.82 Å². The Kier molecular flexibility index (Phi) is 3.79. The van der Waals surface area contributed by atoms with Crippen molar-refractivity contribution in [1.29, 1.82) is 0 Å². The molecule has 0 aromatic carbocycles. The largest absolute Gasteiger partial charge is 0.373 e. The lowest BCUT2D eigenvalue weighted by Gasteiger charge is -2.04. The average molecular weight is 259 g/mol. The van der Waals surface area contributed by atoms with Gasteiger partial charge in [0.15, 0.2) is 0 Å². The van der Waals surface area contributed by atoms with E-state index in [-0.39, 0.29) is 11.9 Å². The minimum Gasteiger partial charge on any atom is -0.373 e. The zero-order chi connectivity index (χ0) is 13.8. The number of hydrogen-bond donors (Lipinski definition) is 2. The first-order valence-corrected chi connectivity index (χ1v) is 6.09. The Morgan fingerprint density at radius 3 is 2.63 bits per heavy atom. The molecule has 0 aliphatic carbocycles. The van der Waals surface area contributed by atoms with Crippen LogP contribution in [-0.2, 0) is 0 Å². The summed E-state index contributed by atoms with van der Waals surface area (Å²) in [6.45, 7) is 4.05. The Balaban J connectivity index is 2.06. The van der Waals surface area contributed by atoms with E-state index in [9.17, 15) is 4.79 Å². The number of nitrogens with one attached hydrogen (secondary N) is 2. The van der Waals surface area contributed by atoms with Gasteiger partial charge in [-0.05, 0) is 26.0 Å². The quantitative estimate of drug-likeness (QED) is 0.882. The van der Waals surface area contributed by atoms with Crippen LogP contribution in [0.15, 0.2) is 30.7 Å². The second-order valence-electron chi connectivity index (χ2n) is 4.44. The van der Waals surface area contributed by atoms with Crippen molar-refractivity contribution in [2.45, 2.75) is 19.9 Å². The Labute approximate surface area is 111 Å². The number of amides is 1. The van der Waals surface area contributed by atoms with Gasteiger partial charge >= 0.3 is 0 Å². The monoisotopic (exact) mass is 259 g/mol. The lowest BCUT2D eigenvalue weighted by atomic mass is 10.2. The van der Waals surface area contributed by atoms with Crippen molar-refractivity contribution in [3.05, 3.63) is 36.3 Å². The molecule has 19 heavy (non-hydrogen) atoms. The first kappa shape index (κ1) is 13.1. The predicted octanol–water partition coefficient (Wildman–Crippen LogP) is 2.15. The first-order valence-electron chi connectivity index (χ1n) is 6.09. The van der Waals surface area contributed by atoms with Gasteiger partial charge in [-0.3, -0.25) is 9.48 Å². The number of pyridine rings is 1. The molecule has 0 saturated carbocycles. The first-order chi connectivity index (χ1) is 9.10. The molecule has 100 valence electrons. The fraction of sp³-hybridized carbons (Fsp3) is 0.308. The van der Waals surface area contributed by atoms with E-state index >= 15 is 0 Å². The van der Waals surface area contributed by atoms with E-state index in [2.05, 4.69) is 20.7 Å². The molecule has 0 saturated heterocycles. The maximum absolute atomic E-state index is 12.0. The van der Waals surface area contributed by atoms with Crippen molar-refractivity contribution in [1.82, 2.24) is 14.8 Å². The van der Waals surface area contributed by atoms with E-state index in [4.69, 9.17) is 0 Å². The normalized spacial score (nSPS) is 10.5. The number of carbonyl (C=O) groups excluding carboxylic acids is 1. The Hall–Kier alpha value is -2.37. The van der Waals surface area contributed by atoms with Gasteiger partial charge in [0, 0.05) is 25.5 Å². The van der Waals surface area contributed by atoms with Gasteiger partial charge < -0.3 is 10.6 Å². The highest BCUT2D eigenvalue weighted by molar-refractivity contribution is 6.04. The van der Waals surface area contributed by atoms with E-state index in [1.165, 1.54) is 6.20 Å². The maximum atomic E-state index is 12.0. The molecule has 6 nitrogen and oxygen atoms in total. The number of nitrogens with zero attached hydrogens (tertiary/aromatic N) is 3. The van der Waals surface area contributed by atoms with Crippen molar-refractivity contribution < 1.29 is 4.79 Å². The van der Waals surface area contributed by atoms with Crippen LogP contribution in [0.3, 0.4) is 0 Å². The van der Waals surface area contributed by atoms with Crippen LogP contribution in [0.2, 0.25) is 0 Å². The summed E-state index contributed by atoms with van der Waals surface area (Å²) in [6, 6.07) is 3.75. The van der Waals surface area contributed by atoms with Crippen LogP contribution in [0.5, 0.6) is 0 Å². The lowest BCUT2D eigenvalue weighted by molar-refractivity contribution is 0.102. The Bertz CT molecular complexity index is 559. The smallest absolute Gasteiger partial charge is 0.257 e. The minimum atomic E-state index is -0.196. The van der Waals surface area contributed by atoms with E-state index in [1.54, 1.807) is 36.3 Å². The topological polar surface area (TPSA) is 71.8 Å². The third-order valence-electron chi connectivity index (χ3n) is 2.67. The molecule has 0 atom stereocenters. The maximum Gasteiger partial charge on any atom is 0.257 e. The van der Waals surface area contributed by atoms with Crippen LogP contribution >= 0.6 is 0 Å². The molecule has 0 unspecified atom stereocenters. The molecule has 2 rings (SSSR count). The van der Waals surface area contributed by atoms with E-state index in [0.717, 1.165) is 5.82 Å². The van der Waals surface area contributed by atoms with Gasteiger partial charge in [-0.15, -0.1) is 0 Å². The minimum absolute atomic E-state index is 0.196.